The Bertz CT molecular complexity index is 494. The van der Waals surface area contributed by atoms with Crippen molar-refractivity contribution in [2.45, 2.75) is 13.0 Å². The third-order valence-corrected chi connectivity index (χ3v) is 3.89. The summed E-state index contributed by atoms with van der Waals surface area (Å²) < 4.78 is 0. The van der Waals surface area contributed by atoms with E-state index in [1.54, 1.807) is 18.2 Å². The lowest BCUT2D eigenvalue weighted by molar-refractivity contribution is -0.118. The highest BCUT2D eigenvalue weighted by Crippen LogP contribution is 2.24. The van der Waals surface area contributed by atoms with E-state index >= 15 is 0 Å². The number of nitrogens with two attached hydrogens (primary N) is 1. The lowest BCUT2D eigenvalue weighted by Gasteiger charge is -2.37. The van der Waals surface area contributed by atoms with Crippen LogP contribution in [0.25, 0.3) is 0 Å². The van der Waals surface area contributed by atoms with Crippen LogP contribution < -0.4 is 11.1 Å². The van der Waals surface area contributed by atoms with Crippen LogP contribution >= 0.6 is 11.6 Å². The van der Waals surface area contributed by atoms with Crippen molar-refractivity contribution in [3.63, 3.8) is 0 Å². The van der Waals surface area contributed by atoms with Crippen LogP contribution in [0.1, 0.15) is 6.92 Å². The normalized spacial score (nSPS) is 20.9. The van der Waals surface area contributed by atoms with Gasteiger partial charge in [-0.15, -0.1) is 0 Å². The van der Waals surface area contributed by atoms with Crippen LogP contribution in [0.2, 0.25) is 5.02 Å². The molecule has 1 saturated heterocycles. The van der Waals surface area contributed by atoms with Crippen molar-refractivity contribution in [2.75, 3.05) is 44.3 Å². The van der Waals surface area contributed by atoms with Crippen LogP contribution in [-0.2, 0) is 4.79 Å². The second kappa shape index (κ2) is 6.43. The molecule has 20 heavy (non-hydrogen) atoms. The van der Waals surface area contributed by atoms with E-state index in [1.165, 1.54) is 0 Å². The van der Waals surface area contributed by atoms with Crippen LogP contribution in [0.15, 0.2) is 18.2 Å². The Morgan fingerprint density at radius 3 is 2.90 bits per heavy atom. The summed E-state index contributed by atoms with van der Waals surface area (Å²) >= 11 is 6.05. The molecule has 3 N–H and O–H groups in total. The van der Waals surface area contributed by atoms with Crippen molar-refractivity contribution in [1.29, 1.82) is 0 Å². The minimum Gasteiger partial charge on any atom is -0.399 e. The molecule has 0 aliphatic carbocycles. The fourth-order valence-electron chi connectivity index (χ4n) is 2.42. The molecule has 0 saturated carbocycles. The van der Waals surface area contributed by atoms with E-state index in [1.807, 2.05) is 0 Å². The zero-order valence-electron chi connectivity index (χ0n) is 11.9. The van der Waals surface area contributed by atoms with E-state index in [0.717, 1.165) is 19.6 Å². The number of piperazine rings is 1. The van der Waals surface area contributed by atoms with Crippen LogP contribution in [0.5, 0.6) is 0 Å². The molecular formula is C14H21ClN4O. The standard InChI is InChI=1S/C14H21ClN4O/c1-10-8-18(2)5-6-19(10)9-14(20)17-13-4-3-11(16)7-12(13)15/h3-4,7,10H,5-6,8-9,16H2,1-2H3,(H,17,20). The first-order chi connectivity index (χ1) is 9.45. The van der Waals surface area contributed by atoms with Gasteiger partial charge in [0, 0.05) is 31.4 Å². The van der Waals surface area contributed by atoms with Crippen molar-refractivity contribution >= 4 is 28.9 Å². The zero-order valence-corrected chi connectivity index (χ0v) is 12.7. The molecule has 1 aromatic carbocycles. The number of nitrogens with zero attached hydrogens (tertiary/aromatic N) is 2. The Hall–Kier alpha value is -1.30. The first kappa shape index (κ1) is 15.1. The monoisotopic (exact) mass is 296 g/mol. The van der Waals surface area contributed by atoms with Crippen molar-refractivity contribution in [3.8, 4) is 0 Å². The largest absolute Gasteiger partial charge is 0.399 e. The Balaban J connectivity index is 1.92. The second-order valence-corrected chi connectivity index (χ2v) is 5.78. The number of likely N-dealkylation sites (N-methyl/N-ethyl adjacent to an activating group) is 1. The van der Waals surface area contributed by atoms with Gasteiger partial charge >= 0.3 is 0 Å². The number of benzene rings is 1. The minimum absolute atomic E-state index is 0.0481. The van der Waals surface area contributed by atoms with Crippen molar-refractivity contribution in [3.05, 3.63) is 23.2 Å². The molecule has 5 nitrogen and oxygen atoms in total. The Morgan fingerprint density at radius 2 is 2.25 bits per heavy atom. The van der Waals surface area contributed by atoms with Gasteiger partial charge in [-0.25, -0.2) is 0 Å². The molecule has 0 aromatic heterocycles. The Kier molecular flexibility index (Phi) is 4.86. The van der Waals surface area contributed by atoms with Gasteiger partial charge in [-0.1, -0.05) is 11.6 Å². The molecule has 1 aliphatic heterocycles. The molecule has 1 aromatic rings. The van der Waals surface area contributed by atoms with Gasteiger partial charge in [0.25, 0.3) is 0 Å². The fourth-order valence-corrected chi connectivity index (χ4v) is 2.66. The predicted octanol–water partition coefficient (Wildman–Crippen LogP) is 1.50. The number of nitrogens with one attached hydrogen (secondary N) is 1. The maximum absolute atomic E-state index is 12.1. The minimum atomic E-state index is -0.0481. The SMILES string of the molecule is CC1CN(C)CCN1CC(=O)Nc1ccc(N)cc1Cl. The summed E-state index contributed by atoms with van der Waals surface area (Å²) in [5.74, 6) is -0.0481. The van der Waals surface area contributed by atoms with E-state index in [-0.39, 0.29) is 5.91 Å². The summed E-state index contributed by atoms with van der Waals surface area (Å²) in [7, 11) is 2.10. The van der Waals surface area contributed by atoms with Gasteiger partial charge in [0.2, 0.25) is 5.91 Å². The number of rotatable bonds is 3. The van der Waals surface area contributed by atoms with Crippen LogP contribution in [0, 0.1) is 0 Å². The van der Waals surface area contributed by atoms with Gasteiger partial charge in [-0.2, -0.15) is 0 Å². The van der Waals surface area contributed by atoms with E-state index in [0.29, 0.717) is 29.0 Å². The van der Waals surface area contributed by atoms with E-state index in [9.17, 15) is 4.79 Å². The molecular weight excluding hydrogens is 276 g/mol. The average molecular weight is 297 g/mol. The third kappa shape index (κ3) is 3.85. The van der Waals surface area contributed by atoms with Crippen molar-refractivity contribution in [2.24, 2.45) is 0 Å². The van der Waals surface area contributed by atoms with E-state index in [4.69, 9.17) is 17.3 Å². The maximum Gasteiger partial charge on any atom is 0.238 e. The summed E-state index contributed by atoms with van der Waals surface area (Å²) in [5, 5.41) is 3.30. The lowest BCUT2D eigenvalue weighted by atomic mass is 10.2. The molecule has 0 radical (unpaired) electrons. The lowest BCUT2D eigenvalue weighted by Crippen LogP contribution is -2.52. The highest BCUT2D eigenvalue weighted by Gasteiger charge is 2.23. The number of carbonyl (C=O) groups excluding carboxylic acids is 1. The molecule has 1 fully saturated rings. The predicted molar refractivity (Wildman–Crippen MR) is 83.0 cm³/mol. The summed E-state index contributed by atoms with van der Waals surface area (Å²) in [6, 6.07) is 5.46. The summed E-state index contributed by atoms with van der Waals surface area (Å²) in [5.41, 5.74) is 6.82. The van der Waals surface area contributed by atoms with Gasteiger partial charge < -0.3 is 16.0 Å². The second-order valence-electron chi connectivity index (χ2n) is 5.37. The molecule has 110 valence electrons. The topological polar surface area (TPSA) is 61.6 Å². The molecule has 1 unspecified atom stereocenters. The van der Waals surface area contributed by atoms with Gasteiger partial charge in [-0.05, 0) is 32.2 Å². The van der Waals surface area contributed by atoms with Crippen LogP contribution in [0.3, 0.4) is 0 Å². The van der Waals surface area contributed by atoms with E-state index < -0.39 is 0 Å². The van der Waals surface area contributed by atoms with Gasteiger partial charge in [0.15, 0.2) is 0 Å². The van der Waals surface area contributed by atoms with E-state index in [2.05, 4.69) is 29.1 Å². The molecule has 2 rings (SSSR count). The summed E-state index contributed by atoms with van der Waals surface area (Å²) in [6.07, 6.45) is 0. The smallest absolute Gasteiger partial charge is 0.238 e. The molecule has 1 atom stereocenters. The van der Waals surface area contributed by atoms with Gasteiger partial charge in [-0.3, -0.25) is 9.69 Å². The molecule has 0 spiro atoms. The first-order valence-corrected chi connectivity index (χ1v) is 7.11. The number of nitrogen functional groups attached to an aromatic ring is 1. The van der Waals surface area contributed by atoms with Gasteiger partial charge in [0.1, 0.15) is 0 Å². The Labute approximate surface area is 124 Å². The van der Waals surface area contributed by atoms with Crippen LogP contribution in [-0.4, -0.2) is 55.0 Å². The summed E-state index contributed by atoms with van der Waals surface area (Å²) in [6.45, 7) is 5.39. The molecule has 1 heterocycles. The fraction of sp³-hybridized carbons (Fsp3) is 0.500. The van der Waals surface area contributed by atoms with Crippen LogP contribution in [0.4, 0.5) is 11.4 Å². The first-order valence-electron chi connectivity index (χ1n) is 6.73. The maximum atomic E-state index is 12.1. The quantitative estimate of drug-likeness (QED) is 0.830. The molecule has 1 aliphatic rings. The number of hydrogen-bond acceptors (Lipinski definition) is 4. The number of amides is 1. The summed E-state index contributed by atoms with van der Waals surface area (Å²) in [4.78, 5) is 16.5. The van der Waals surface area contributed by atoms with Crippen molar-refractivity contribution in [1.82, 2.24) is 9.80 Å². The Morgan fingerprint density at radius 1 is 1.50 bits per heavy atom. The molecule has 6 heteroatoms. The molecule has 0 bridgehead atoms. The number of anilines is 2. The number of hydrogen-bond donors (Lipinski definition) is 2. The zero-order chi connectivity index (χ0) is 14.7. The van der Waals surface area contributed by atoms with Crippen molar-refractivity contribution < 1.29 is 4.79 Å². The number of halogens is 1. The third-order valence-electron chi connectivity index (χ3n) is 3.58. The highest BCUT2D eigenvalue weighted by atomic mass is 35.5. The molecule has 1 amide bonds. The van der Waals surface area contributed by atoms with Gasteiger partial charge in [0.05, 0.1) is 17.3 Å². The average Bonchev–Trinajstić information content (AvgIpc) is 2.36. The number of carbonyl (C=O) groups is 1. The highest BCUT2D eigenvalue weighted by molar-refractivity contribution is 6.34.